The molecule has 2 aromatic carbocycles. The van der Waals surface area contributed by atoms with Crippen LogP contribution in [0.2, 0.25) is 5.02 Å². The van der Waals surface area contributed by atoms with Crippen LogP contribution in [0.4, 0.5) is 0 Å². The molecule has 0 radical (unpaired) electrons. The van der Waals surface area contributed by atoms with Crippen molar-refractivity contribution in [3.05, 3.63) is 165 Å². The van der Waals surface area contributed by atoms with E-state index in [-0.39, 0.29) is 29.0 Å². The van der Waals surface area contributed by atoms with Gasteiger partial charge in [0.15, 0.2) is 0 Å². The van der Waals surface area contributed by atoms with Gasteiger partial charge in [-0.05, 0) is 221 Å². The molecule has 0 amide bonds. The van der Waals surface area contributed by atoms with E-state index >= 15 is 0 Å². The standard InChI is InChI=1S/C32H43N5.C31H40ClN5/c1-21(2)35-30(29-19-33-20-36(29)7)27-18-24-9-8-14-34-31(24)32(6,28-11-10-23(5)17-26(27)28)25-12-15-37(16-13-25)22(3)4;1-20(2)35-29(28-18-33-19-36(28)6)26-16-22-8-7-13-34-30(22)31(5,27-10-9-24(32)17-25(26)27)23-11-14-37(15-12-23)21(3)4/h8-11,14,17-22,25,30,35H,12-13,15-16H2,1-7H3;7-10,13,16-21,23,29,35H,11-12,14-15H2,1-6H3/t30-,32-;/m1./s1. The van der Waals surface area contributed by atoms with Crippen LogP contribution in [-0.2, 0) is 24.9 Å². The largest absolute Gasteiger partial charge is 0.336 e. The van der Waals surface area contributed by atoms with E-state index in [9.17, 15) is 0 Å². The van der Waals surface area contributed by atoms with E-state index in [1.54, 1.807) is 0 Å². The molecule has 6 heterocycles. The second-order valence-electron chi connectivity index (χ2n) is 23.4. The van der Waals surface area contributed by atoms with Crippen LogP contribution in [0.1, 0.15) is 169 Å². The Hall–Kier alpha value is -5.23. The van der Waals surface area contributed by atoms with E-state index in [0.717, 1.165) is 49.7 Å². The first-order chi connectivity index (χ1) is 35.4. The van der Waals surface area contributed by atoms with Gasteiger partial charge in [-0.25, -0.2) is 9.97 Å². The maximum Gasteiger partial charge on any atom is 0.0946 e. The van der Waals surface area contributed by atoms with Crippen molar-refractivity contribution < 1.29 is 0 Å². The number of piperidine rings is 2. The number of imidazole rings is 2. The molecule has 392 valence electrons. The van der Waals surface area contributed by atoms with Crippen LogP contribution >= 0.6 is 11.6 Å². The van der Waals surface area contributed by atoms with Crippen molar-refractivity contribution >= 4 is 34.9 Å². The van der Waals surface area contributed by atoms with Crippen LogP contribution in [0.5, 0.6) is 0 Å². The fourth-order valence-electron chi connectivity index (χ4n) is 13.2. The summed E-state index contributed by atoms with van der Waals surface area (Å²) < 4.78 is 4.26. The molecule has 2 aliphatic heterocycles. The maximum absolute atomic E-state index is 6.72. The minimum Gasteiger partial charge on any atom is -0.336 e. The Morgan fingerprint density at radius 3 is 1.39 bits per heavy atom. The lowest BCUT2D eigenvalue weighted by Crippen LogP contribution is -2.45. The van der Waals surface area contributed by atoms with E-state index in [0.29, 0.717) is 30.0 Å². The Bertz CT molecular complexity index is 2760. The lowest BCUT2D eigenvalue weighted by Gasteiger charge is -2.44. The van der Waals surface area contributed by atoms with Crippen molar-refractivity contribution in [3.63, 3.8) is 0 Å². The third-order valence-electron chi connectivity index (χ3n) is 17.3. The zero-order chi connectivity index (χ0) is 52.6. The third kappa shape index (κ3) is 10.4. The van der Waals surface area contributed by atoms with Crippen molar-refractivity contribution in [2.45, 2.75) is 149 Å². The first kappa shape index (κ1) is 53.6. The van der Waals surface area contributed by atoms with E-state index in [1.165, 1.54) is 80.0 Å². The summed E-state index contributed by atoms with van der Waals surface area (Å²) in [4.78, 5) is 24.4. The Morgan fingerprint density at radius 2 is 1.00 bits per heavy atom. The van der Waals surface area contributed by atoms with Crippen LogP contribution in [0.25, 0.3) is 23.3 Å². The average Bonchev–Trinajstić information content (AvgIpc) is 3.97. The fraction of sp³-hybridized carbons (Fsp3) is 0.492. The minimum absolute atomic E-state index is 0.0197. The van der Waals surface area contributed by atoms with Crippen LogP contribution in [0, 0.1) is 18.8 Å². The number of pyridine rings is 2. The summed E-state index contributed by atoms with van der Waals surface area (Å²) >= 11 is 6.72. The minimum atomic E-state index is -0.229. The number of likely N-dealkylation sites (tertiary alicyclic amines) is 2. The molecule has 10 nitrogen and oxygen atoms in total. The first-order valence-corrected chi connectivity index (χ1v) is 28.0. The molecule has 2 saturated heterocycles. The molecule has 10 rings (SSSR count). The van der Waals surface area contributed by atoms with Crippen LogP contribution in [0.3, 0.4) is 0 Å². The molecule has 0 spiro atoms. The van der Waals surface area contributed by atoms with Gasteiger partial charge >= 0.3 is 0 Å². The van der Waals surface area contributed by atoms with Gasteiger partial charge in [0.05, 0.1) is 59.9 Å². The Labute approximate surface area is 448 Å². The van der Waals surface area contributed by atoms with Crippen molar-refractivity contribution in [1.29, 1.82) is 0 Å². The van der Waals surface area contributed by atoms with Crippen LogP contribution < -0.4 is 10.6 Å². The van der Waals surface area contributed by atoms with E-state index in [4.69, 9.17) is 21.6 Å². The molecular weight excluding hydrogens is 932 g/mol. The molecule has 0 saturated carbocycles. The topological polar surface area (TPSA) is 92.0 Å². The van der Waals surface area contributed by atoms with Crippen molar-refractivity contribution in [2.75, 3.05) is 26.2 Å². The quantitative estimate of drug-likeness (QED) is 0.125. The van der Waals surface area contributed by atoms with Crippen molar-refractivity contribution in [3.8, 4) is 0 Å². The second-order valence-corrected chi connectivity index (χ2v) is 23.8. The summed E-state index contributed by atoms with van der Waals surface area (Å²) in [6, 6.07) is 24.0. The average molecular weight is 1020 g/mol. The van der Waals surface area contributed by atoms with Gasteiger partial charge < -0.3 is 29.6 Å². The number of fused-ring (bicyclic) bond motifs is 4. The molecule has 4 atom stereocenters. The van der Waals surface area contributed by atoms with Crippen molar-refractivity contribution in [2.24, 2.45) is 25.9 Å². The highest BCUT2D eigenvalue weighted by Gasteiger charge is 2.47. The van der Waals surface area contributed by atoms with E-state index < -0.39 is 0 Å². The van der Waals surface area contributed by atoms with Gasteiger partial charge in [0.25, 0.3) is 0 Å². The molecule has 6 aromatic rings. The number of nitrogens with one attached hydrogen (secondary N) is 2. The van der Waals surface area contributed by atoms with Gasteiger partial charge in [-0.3, -0.25) is 9.97 Å². The molecule has 74 heavy (non-hydrogen) atoms. The predicted octanol–water partition coefficient (Wildman–Crippen LogP) is 12.6. The Kier molecular flexibility index (Phi) is 16.0. The lowest BCUT2D eigenvalue weighted by molar-refractivity contribution is 0.121. The van der Waals surface area contributed by atoms with Gasteiger partial charge in [-0.1, -0.05) is 53.6 Å². The lowest BCUT2D eigenvalue weighted by atomic mass is 9.64. The van der Waals surface area contributed by atoms with Gasteiger partial charge in [0, 0.05) is 66.5 Å². The Balaban J connectivity index is 0.000000182. The van der Waals surface area contributed by atoms with Crippen LogP contribution in [-0.4, -0.2) is 89.2 Å². The summed E-state index contributed by atoms with van der Waals surface area (Å²) in [7, 11) is 4.16. The highest BCUT2D eigenvalue weighted by Crippen LogP contribution is 2.53. The number of benzene rings is 2. The zero-order valence-electron chi connectivity index (χ0n) is 46.6. The normalized spacial score (nSPS) is 21.5. The number of aromatic nitrogens is 6. The predicted molar refractivity (Wildman–Crippen MR) is 307 cm³/mol. The molecule has 4 aromatic heterocycles. The molecular formula is C63H83ClN10. The number of hydrogen-bond donors (Lipinski definition) is 2. The Morgan fingerprint density at radius 1 is 0.581 bits per heavy atom. The number of halogens is 1. The highest BCUT2D eigenvalue weighted by molar-refractivity contribution is 6.30. The number of nitrogens with zero attached hydrogens (tertiary/aromatic N) is 8. The number of aryl methyl sites for hydroxylation is 3. The summed E-state index contributed by atoms with van der Waals surface area (Å²) in [6.45, 7) is 29.7. The van der Waals surface area contributed by atoms with Crippen LogP contribution in [0.15, 0.2) is 98.1 Å². The smallest absolute Gasteiger partial charge is 0.0946 e. The molecule has 4 aliphatic rings. The molecule has 0 bridgehead atoms. The third-order valence-corrected chi connectivity index (χ3v) is 17.5. The summed E-state index contributed by atoms with van der Waals surface area (Å²) in [5, 5.41) is 8.48. The summed E-state index contributed by atoms with van der Waals surface area (Å²) in [5.74, 6) is 1.01. The summed E-state index contributed by atoms with van der Waals surface area (Å²) in [5.41, 5.74) is 15.8. The molecule has 2 fully saturated rings. The monoisotopic (exact) mass is 1010 g/mol. The fourth-order valence-corrected chi connectivity index (χ4v) is 13.3. The maximum atomic E-state index is 6.72. The number of rotatable bonds is 12. The highest BCUT2D eigenvalue weighted by atomic mass is 35.5. The van der Waals surface area contributed by atoms with Gasteiger partial charge in [-0.2, -0.15) is 0 Å². The van der Waals surface area contributed by atoms with Gasteiger partial charge in [0.2, 0.25) is 0 Å². The zero-order valence-corrected chi connectivity index (χ0v) is 47.4. The molecule has 2 N–H and O–H groups in total. The molecule has 2 unspecified atom stereocenters. The summed E-state index contributed by atoms with van der Waals surface area (Å²) in [6.07, 6.45) is 21.1. The molecule has 11 heteroatoms. The molecule has 2 aliphatic carbocycles. The SMILES string of the molecule is CC(C)NC(C1=Cc2cccnc2C(C)(C2CCN(C(C)C)CC2)c2ccc(Cl)cc21)c1cncn1C.Cc1ccc2c(c1)C([C@@H](NC(C)C)c1cncn1C)=Cc1cccnc1[C@]2(C)C1CCN(C(C)C)CC1. The second kappa shape index (κ2) is 22.2. The van der Waals surface area contributed by atoms with Gasteiger partial charge in [-0.15, -0.1) is 0 Å². The van der Waals surface area contributed by atoms with E-state index in [2.05, 4.69) is 203 Å². The number of hydrogen-bond acceptors (Lipinski definition) is 8. The first-order valence-electron chi connectivity index (χ1n) is 27.6. The van der Waals surface area contributed by atoms with E-state index in [1.807, 2.05) is 37.4 Å². The van der Waals surface area contributed by atoms with Gasteiger partial charge in [0.1, 0.15) is 0 Å². The van der Waals surface area contributed by atoms with Crippen molar-refractivity contribution in [1.82, 2.24) is 49.5 Å².